The summed E-state index contributed by atoms with van der Waals surface area (Å²) in [5, 5.41) is 2.94. The van der Waals surface area contributed by atoms with E-state index < -0.39 is 0 Å². The Balaban J connectivity index is 1.98. The van der Waals surface area contributed by atoms with Gasteiger partial charge in [0.25, 0.3) is 0 Å². The van der Waals surface area contributed by atoms with E-state index in [9.17, 15) is 4.79 Å². The Kier molecular flexibility index (Phi) is 5.11. The molecule has 3 N–H and O–H groups in total. The zero-order valence-electron chi connectivity index (χ0n) is 12.1. The molecule has 0 radical (unpaired) electrons. The predicted octanol–water partition coefficient (Wildman–Crippen LogP) is 1.06. The van der Waals surface area contributed by atoms with Crippen LogP contribution in [-0.2, 0) is 9.53 Å². The summed E-state index contributed by atoms with van der Waals surface area (Å²) in [6.45, 7) is 5.79. The highest BCUT2D eigenvalue weighted by atomic mass is 16.5. The van der Waals surface area contributed by atoms with Crippen LogP contribution in [0.3, 0.4) is 0 Å². The van der Waals surface area contributed by atoms with E-state index >= 15 is 0 Å². The molecular weight excluding hydrogens is 254 g/mol. The number of morpholine rings is 1. The van der Waals surface area contributed by atoms with E-state index in [-0.39, 0.29) is 24.1 Å². The number of rotatable bonds is 4. The Morgan fingerprint density at radius 3 is 2.85 bits per heavy atom. The van der Waals surface area contributed by atoms with E-state index in [4.69, 9.17) is 10.5 Å². The van der Waals surface area contributed by atoms with Crippen LogP contribution in [0.2, 0.25) is 0 Å². The van der Waals surface area contributed by atoms with Crippen molar-refractivity contribution in [1.29, 1.82) is 0 Å². The molecule has 0 aromatic heterocycles. The number of anilines is 1. The van der Waals surface area contributed by atoms with Crippen LogP contribution in [-0.4, -0.2) is 48.7 Å². The Morgan fingerprint density at radius 2 is 2.20 bits per heavy atom. The van der Waals surface area contributed by atoms with Crippen LogP contribution < -0.4 is 11.1 Å². The van der Waals surface area contributed by atoms with E-state index in [1.807, 2.05) is 37.3 Å². The Labute approximate surface area is 120 Å². The lowest BCUT2D eigenvalue weighted by atomic mass is 10.1. The molecule has 0 aliphatic carbocycles. The minimum Gasteiger partial charge on any atom is -0.374 e. The summed E-state index contributed by atoms with van der Waals surface area (Å²) in [5.74, 6) is 0.000668. The second-order valence-corrected chi connectivity index (χ2v) is 5.27. The summed E-state index contributed by atoms with van der Waals surface area (Å²) in [7, 11) is 0. The molecule has 2 rings (SSSR count). The summed E-state index contributed by atoms with van der Waals surface area (Å²) in [5.41, 5.74) is 6.48. The zero-order valence-corrected chi connectivity index (χ0v) is 12.1. The normalized spacial score (nSPS) is 25.1. The van der Waals surface area contributed by atoms with Gasteiger partial charge in [0, 0.05) is 24.8 Å². The standard InChI is InChI=1S/C15H23N3O2/c1-11-10-20-14(8-16)9-18(11)12(2)15(19)17-13-6-4-3-5-7-13/h3-7,11-12,14H,8-10,16H2,1-2H3,(H,17,19). The summed E-state index contributed by atoms with van der Waals surface area (Å²) >= 11 is 0. The van der Waals surface area contributed by atoms with Gasteiger partial charge in [-0.15, -0.1) is 0 Å². The van der Waals surface area contributed by atoms with Gasteiger partial charge in [-0.3, -0.25) is 9.69 Å². The van der Waals surface area contributed by atoms with Gasteiger partial charge in [0.1, 0.15) is 0 Å². The average molecular weight is 277 g/mol. The van der Waals surface area contributed by atoms with Crippen molar-refractivity contribution in [3.05, 3.63) is 30.3 Å². The molecule has 1 aromatic carbocycles. The predicted molar refractivity (Wildman–Crippen MR) is 79.5 cm³/mol. The van der Waals surface area contributed by atoms with Gasteiger partial charge in [0.2, 0.25) is 5.91 Å². The Hall–Kier alpha value is -1.43. The zero-order chi connectivity index (χ0) is 14.5. The number of nitrogens with zero attached hydrogens (tertiary/aromatic N) is 1. The van der Waals surface area contributed by atoms with Crippen molar-refractivity contribution in [3.63, 3.8) is 0 Å². The molecule has 110 valence electrons. The third-order valence-corrected chi connectivity index (χ3v) is 3.73. The number of hydrogen-bond acceptors (Lipinski definition) is 4. The summed E-state index contributed by atoms with van der Waals surface area (Å²) in [6, 6.07) is 9.52. The van der Waals surface area contributed by atoms with Crippen molar-refractivity contribution in [3.8, 4) is 0 Å². The van der Waals surface area contributed by atoms with E-state index in [2.05, 4.69) is 17.1 Å². The fraction of sp³-hybridized carbons (Fsp3) is 0.533. The highest BCUT2D eigenvalue weighted by Gasteiger charge is 2.31. The molecule has 5 nitrogen and oxygen atoms in total. The van der Waals surface area contributed by atoms with Crippen LogP contribution in [0.25, 0.3) is 0 Å². The molecule has 0 spiro atoms. The minimum absolute atomic E-state index is 0.000668. The summed E-state index contributed by atoms with van der Waals surface area (Å²) < 4.78 is 5.62. The molecule has 1 amide bonds. The number of carbonyl (C=O) groups excluding carboxylic acids is 1. The van der Waals surface area contributed by atoms with Gasteiger partial charge in [-0.05, 0) is 26.0 Å². The maximum Gasteiger partial charge on any atom is 0.241 e. The van der Waals surface area contributed by atoms with Crippen LogP contribution in [0.1, 0.15) is 13.8 Å². The highest BCUT2D eigenvalue weighted by molar-refractivity contribution is 5.94. The van der Waals surface area contributed by atoms with Crippen molar-refractivity contribution in [1.82, 2.24) is 4.90 Å². The lowest BCUT2D eigenvalue weighted by Crippen LogP contribution is -2.56. The monoisotopic (exact) mass is 277 g/mol. The van der Waals surface area contributed by atoms with Crippen molar-refractivity contribution >= 4 is 11.6 Å². The molecule has 0 saturated carbocycles. The van der Waals surface area contributed by atoms with Crippen molar-refractivity contribution in [2.45, 2.75) is 32.0 Å². The third kappa shape index (κ3) is 3.56. The average Bonchev–Trinajstić information content (AvgIpc) is 2.48. The van der Waals surface area contributed by atoms with E-state index in [0.717, 1.165) is 5.69 Å². The number of hydrogen-bond donors (Lipinski definition) is 2. The van der Waals surface area contributed by atoms with Crippen LogP contribution in [0, 0.1) is 0 Å². The minimum atomic E-state index is -0.205. The number of nitrogens with one attached hydrogen (secondary N) is 1. The molecule has 1 aliphatic heterocycles. The van der Waals surface area contributed by atoms with Crippen LogP contribution in [0.4, 0.5) is 5.69 Å². The van der Waals surface area contributed by atoms with Crippen molar-refractivity contribution in [2.75, 3.05) is 25.0 Å². The number of benzene rings is 1. The maximum absolute atomic E-state index is 12.3. The van der Waals surface area contributed by atoms with E-state index in [1.165, 1.54) is 0 Å². The van der Waals surface area contributed by atoms with Crippen LogP contribution in [0.5, 0.6) is 0 Å². The number of carbonyl (C=O) groups is 1. The molecule has 1 aliphatic rings. The molecule has 5 heteroatoms. The lowest BCUT2D eigenvalue weighted by molar-refractivity contribution is -0.127. The quantitative estimate of drug-likeness (QED) is 0.863. The Morgan fingerprint density at radius 1 is 1.50 bits per heavy atom. The first-order valence-electron chi connectivity index (χ1n) is 7.05. The third-order valence-electron chi connectivity index (χ3n) is 3.73. The first-order chi connectivity index (χ1) is 9.61. The van der Waals surface area contributed by atoms with Gasteiger partial charge in [-0.25, -0.2) is 0 Å². The van der Waals surface area contributed by atoms with Crippen molar-refractivity contribution < 1.29 is 9.53 Å². The topological polar surface area (TPSA) is 67.6 Å². The number of amides is 1. The van der Waals surface area contributed by atoms with Crippen LogP contribution in [0.15, 0.2) is 30.3 Å². The van der Waals surface area contributed by atoms with Crippen LogP contribution >= 0.6 is 0 Å². The maximum atomic E-state index is 12.3. The summed E-state index contributed by atoms with van der Waals surface area (Å²) in [4.78, 5) is 14.5. The summed E-state index contributed by atoms with van der Waals surface area (Å²) in [6.07, 6.45) is 0.0122. The molecule has 3 atom stereocenters. The number of ether oxygens (including phenoxy) is 1. The Bertz CT molecular complexity index is 438. The fourth-order valence-corrected chi connectivity index (χ4v) is 2.44. The first kappa shape index (κ1) is 15.0. The first-order valence-corrected chi connectivity index (χ1v) is 7.05. The second-order valence-electron chi connectivity index (χ2n) is 5.27. The molecule has 20 heavy (non-hydrogen) atoms. The molecule has 1 fully saturated rings. The lowest BCUT2D eigenvalue weighted by Gasteiger charge is -2.40. The van der Waals surface area contributed by atoms with Gasteiger partial charge in [-0.1, -0.05) is 18.2 Å². The van der Waals surface area contributed by atoms with Gasteiger partial charge in [0.15, 0.2) is 0 Å². The van der Waals surface area contributed by atoms with E-state index in [1.54, 1.807) is 0 Å². The van der Waals surface area contributed by atoms with Gasteiger partial charge < -0.3 is 15.8 Å². The molecule has 3 unspecified atom stereocenters. The van der Waals surface area contributed by atoms with Gasteiger partial charge in [-0.2, -0.15) is 0 Å². The molecule has 1 aromatic rings. The van der Waals surface area contributed by atoms with Gasteiger partial charge in [0.05, 0.1) is 18.8 Å². The smallest absolute Gasteiger partial charge is 0.241 e. The fourth-order valence-electron chi connectivity index (χ4n) is 2.44. The number of para-hydroxylation sites is 1. The largest absolute Gasteiger partial charge is 0.374 e. The van der Waals surface area contributed by atoms with Crippen molar-refractivity contribution in [2.24, 2.45) is 5.73 Å². The molecule has 1 saturated heterocycles. The van der Waals surface area contributed by atoms with E-state index in [0.29, 0.717) is 19.7 Å². The SMILES string of the molecule is CC1COC(CN)CN1C(C)C(=O)Nc1ccccc1. The highest BCUT2D eigenvalue weighted by Crippen LogP contribution is 2.16. The molecular formula is C15H23N3O2. The van der Waals surface area contributed by atoms with Gasteiger partial charge >= 0.3 is 0 Å². The molecule has 0 bridgehead atoms. The second kappa shape index (κ2) is 6.83. The number of nitrogens with two attached hydrogens (primary N) is 1. The molecule has 1 heterocycles.